The van der Waals surface area contributed by atoms with Gasteiger partial charge in [0.15, 0.2) is 0 Å². The lowest BCUT2D eigenvalue weighted by atomic mass is 10.00. The van der Waals surface area contributed by atoms with Crippen molar-refractivity contribution in [3.63, 3.8) is 0 Å². The number of likely N-dealkylation sites (N-methyl/N-ethyl adjacent to an activating group) is 1. The van der Waals surface area contributed by atoms with Gasteiger partial charge in [0.1, 0.15) is 5.82 Å². The maximum Gasteiger partial charge on any atom is 0.227 e. The fourth-order valence-corrected chi connectivity index (χ4v) is 3.17. The minimum absolute atomic E-state index is 0.839. The molecule has 0 unspecified atom stereocenters. The van der Waals surface area contributed by atoms with Gasteiger partial charge in [0.2, 0.25) is 5.95 Å². The van der Waals surface area contributed by atoms with Crippen LogP contribution < -0.4 is 9.80 Å². The van der Waals surface area contributed by atoms with Crippen LogP contribution in [0.1, 0.15) is 26.7 Å². The van der Waals surface area contributed by atoms with Crippen LogP contribution in [0.4, 0.5) is 11.8 Å². The molecule has 1 aromatic heterocycles. The summed E-state index contributed by atoms with van der Waals surface area (Å²) in [4.78, 5) is 16.5. The molecule has 2 fully saturated rings. The van der Waals surface area contributed by atoms with Crippen molar-refractivity contribution in [3.8, 4) is 0 Å². The summed E-state index contributed by atoms with van der Waals surface area (Å²) >= 11 is 0. The Balaban J connectivity index is 1.66. The number of anilines is 2. The Hall–Kier alpha value is -1.36. The van der Waals surface area contributed by atoms with E-state index in [1.54, 1.807) is 0 Å². The Morgan fingerprint density at radius 2 is 1.76 bits per heavy atom. The van der Waals surface area contributed by atoms with Crippen LogP contribution in [-0.2, 0) is 0 Å². The van der Waals surface area contributed by atoms with Gasteiger partial charge in [-0.1, -0.05) is 13.8 Å². The van der Waals surface area contributed by atoms with Gasteiger partial charge in [0, 0.05) is 45.5 Å². The first-order valence-corrected chi connectivity index (χ1v) is 8.31. The highest BCUT2D eigenvalue weighted by Crippen LogP contribution is 2.22. The largest absolute Gasteiger partial charge is 0.354 e. The lowest BCUT2D eigenvalue weighted by Gasteiger charge is -2.35. The van der Waals surface area contributed by atoms with E-state index in [4.69, 9.17) is 4.98 Å². The quantitative estimate of drug-likeness (QED) is 0.848. The molecule has 0 spiro atoms. The molecule has 0 amide bonds. The SMILES string of the molecule is CCN1CCN(c2ccnc(N3CCC(C)CC3)n2)CC1. The molecule has 0 aliphatic carbocycles. The zero-order valence-corrected chi connectivity index (χ0v) is 13.3. The van der Waals surface area contributed by atoms with Gasteiger partial charge in [-0.15, -0.1) is 0 Å². The second-order valence-electron chi connectivity index (χ2n) is 6.31. The van der Waals surface area contributed by atoms with E-state index < -0.39 is 0 Å². The molecule has 1 aromatic rings. The van der Waals surface area contributed by atoms with Crippen LogP contribution >= 0.6 is 0 Å². The van der Waals surface area contributed by atoms with E-state index in [2.05, 4.69) is 39.6 Å². The zero-order valence-electron chi connectivity index (χ0n) is 13.3. The molecule has 0 radical (unpaired) electrons. The second kappa shape index (κ2) is 6.60. The molecule has 0 atom stereocenters. The number of piperidine rings is 1. The average molecular weight is 289 g/mol. The summed E-state index contributed by atoms with van der Waals surface area (Å²) in [5.74, 6) is 2.85. The Morgan fingerprint density at radius 3 is 2.43 bits per heavy atom. The first-order chi connectivity index (χ1) is 10.3. The van der Waals surface area contributed by atoms with Crippen LogP contribution in [-0.4, -0.2) is 60.7 Å². The predicted octanol–water partition coefficient (Wildman–Crippen LogP) is 1.85. The number of nitrogens with zero attached hydrogens (tertiary/aromatic N) is 5. The average Bonchev–Trinajstić information content (AvgIpc) is 2.56. The van der Waals surface area contributed by atoms with Gasteiger partial charge in [-0.25, -0.2) is 4.98 Å². The van der Waals surface area contributed by atoms with Crippen LogP contribution in [0.3, 0.4) is 0 Å². The van der Waals surface area contributed by atoms with Gasteiger partial charge in [0.05, 0.1) is 0 Å². The molecule has 21 heavy (non-hydrogen) atoms. The molecule has 0 aromatic carbocycles. The van der Waals surface area contributed by atoms with Crippen molar-refractivity contribution in [3.05, 3.63) is 12.3 Å². The minimum atomic E-state index is 0.839. The van der Waals surface area contributed by atoms with E-state index in [1.807, 2.05) is 6.20 Å². The lowest BCUT2D eigenvalue weighted by molar-refractivity contribution is 0.270. The van der Waals surface area contributed by atoms with Crippen molar-refractivity contribution >= 4 is 11.8 Å². The monoisotopic (exact) mass is 289 g/mol. The van der Waals surface area contributed by atoms with Gasteiger partial charge >= 0.3 is 0 Å². The zero-order chi connectivity index (χ0) is 14.7. The van der Waals surface area contributed by atoms with Crippen LogP contribution in [0, 0.1) is 5.92 Å². The number of piperazine rings is 1. The summed E-state index contributed by atoms with van der Waals surface area (Å²) in [7, 11) is 0. The van der Waals surface area contributed by atoms with E-state index in [-0.39, 0.29) is 0 Å². The molecule has 0 bridgehead atoms. The third kappa shape index (κ3) is 3.46. The summed E-state index contributed by atoms with van der Waals surface area (Å²) in [5, 5.41) is 0. The Bertz CT molecular complexity index is 448. The van der Waals surface area contributed by atoms with Gasteiger partial charge in [-0.05, 0) is 31.4 Å². The summed E-state index contributed by atoms with van der Waals surface area (Å²) in [6.07, 6.45) is 4.42. The number of rotatable bonds is 3. The number of hydrogen-bond acceptors (Lipinski definition) is 5. The minimum Gasteiger partial charge on any atom is -0.354 e. The van der Waals surface area contributed by atoms with Gasteiger partial charge in [-0.3, -0.25) is 0 Å². The molecule has 5 heteroatoms. The van der Waals surface area contributed by atoms with Crippen molar-refractivity contribution in [1.29, 1.82) is 0 Å². The fraction of sp³-hybridized carbons (Fsp3) is 0.750. The smallest absolute Gasteiger partial charge is 0.227 e. The van der Waals surface area contributed by atoms with Crippen molar-refractivity contribution in [2.45, 2.75) is 26.7 Å². The lowest BCUT2D eigenvalue weighted by Crippen LogP contribution is -2.46. The summed E-state index contributed by atoms with van der Waals surface area (Å²) in [6, 6.07) is 2.05. The second-order valence-corrected chi connectivity index (χ2v) is 6.31. The standard InChI is InChI=1S/C16H27N5/c1-3-19-10-12-20(13-11-19)15-4-7-17-16(18-15)21-8-5-14(2)6-9-21/h4,7,14H,3,5-6,8-13H2,1-2H3. The third-order valence-corrected chi connectivity index (χ3v) is 4.84. The molecule has 0 N–H and O–H groups in total. The Labute approximate surface area is 128 Å². The summed E-state index contributed by atoms with van der Waals surface area (Å²) in [5.41, 5.74) is 0. The van der Waals surface area contributed by atoms with Crippen molar-refractivity contribution in [1.82, 2.24) is 14.9 Å². The number of hydrogen-bond donors (Lipinski definition) is 0. The molecule has 0 saturated carbocycles. The maximum atomic E-state index is 4.82. The first kappa shape index (κ1) is 14.6. The van der Waals surface area contributed by atoms with Gasteiger partial charge in [0.25, 0.3) is 0 Å². The molecule has 2 saturated heterocycles. The van der Waals surface area contributed by atoms with Crippen LogP contribution in [0.15, 0.2) is 12.3 Å². The number of aromatic nitrogens is 2. The summed E-state index contributed by atoms with van der Waals surface area (Å²) < 4.78 is 0. The van der Waals surface area contributed by atoms with E-state index in [1.165, 1.54) is 12.8 Å². The normalized spacial score (nSPS) is 21.8. The van der Waals surface area contributed by atoms with Crippen LogP contribution in [0.2, 0.25) is 0 Å². The van der Waals surface area contributed by atoms with E-state index in [0.29, 0.717) is 0 Å². The van der Waals surface area contributed by atoms with Crippen LogP contribution in [0.25, 0.3) is 0 Å². The summed E-state index contributed by atoms with van der Waals surface area (Å²) in [6.45, 7) is 12.3. The fourth-order valence-electron chi connectivity index (χ4n) is 3.17. The van der Waals surface area contributed by atoms with Crippen molar-refractivity contribution < 1.29 is 0 Å². The molecule has 3 heterocycles. The molecule has 3 rings (SSSR count). The van der Waals surface area contributed by atoms with Crippen molar-refractivity contribution in [2.24, 2.45) is 5.92 Å². The van der Waals surface area contributed by atoms with Crippen LogP contribution in [0.5, 0.6) is 0 Å². The highest BCUT2D eigenvalue weighted by Gasteiger charge is 2.20. The Morgan fingerprint density at radius 1 is 1.05 bits per heavy atom. The maximum absolute atomic E-state index is 4.82. The van der Waals surface area contributed by atoms with E-state index in [0.717, 1.165) is 63.5 Å². The Kier molecular flexibility index (Phi) is 4.58. The van der Waals surface area contributed by atoms with Gasteiger partial charge < -0.3 is 14.7 Å². The molecule has 2 aliphatic heterocycles. The molecular formula is C16H27N5. The first-order valence-electron chi connectivity index (χ1n) is 8.31. The van der Waals surface area contributed by atoms with Gasteiger partial charge in [-0.2, -0.15) is 4.98 Å². The molecular weight excluding hydrogens is 262 g/mol. The predicted molar refractivity (Wildman–Crippen MR) is 87.0 cm³/mol. The van der Waals surface area contributed by atoms with E-state index in [9.17, 15) is 0 Å². The van der Waals surface area contributed by atoms with Crippen molar-refractivity contribution in [2.75, 3.05) is 55.6 Å². The topological polar surface area (TPSA) is 35.5 Å². The van der Waals surface area contributed by atoms with E-state index >= 15 is 0 Å². The highest BCUT2D eigenvalue weighted by atomic mass is 15.3. The third-order valence-electron chi connectivity index (χ3n) is 4.84. The molecule has 116 valence electrons. The highest BCUT2D eigenvalue weighted by molar-refractivity contribution is 5.44. The molecule has 2 aliphatic rings. The molecule has 5 nitrogen and oxygen atoms in total.